The number of carbonyl (C=O) groups excluding carboxylic acids is 1. The van der Waals surface area contributed by atoms with Crippen molar-refractivity contribution in [2.75, 3.05) is 26.6 Å². The number of para-hydroxylation sites is 1. The molecule has 0 bridgehead atoms. The summed E-state index contributed by atoms with van der Waals surface area (Å²) >= 11 is 0. The lowest BCUT2D eigenvalue weighted by Crippen LogP contribution is -2.36. The smallest absolute Gasteiger partial charge is 0.258 e. The summed E-state index contributed by atoms with van der Waals surface area (Å²) in [5.74, 6) is 1.10. The molecule has 0 aliphatic rings. The van der Waals surface area contributed by atoms with E-state index in [9.17, 15) is 4.79 Å². The summed E-state index contributed by atoms with van der Waals surface area (Å²) in [5, 5.41) is 5.96. The molecule has 0 aliphatic heterocycles. The molecule has 3 aromatic rings. The van der Waals surface area contributed by atoms with Gasteiger partial charge < -0.3 is 19.5 Å². The number of hydrogen-bond donors (Lipinski definition) is 2. The zero-order chi connectivity index (χ0) is 22.1. The number of hydrogen-bond acceptors (Lipinski definition) is 6. The third-order valence-corrected chi connectivity index (χ3v) is 4.34. The number of amides is 1. The van der Waals surface area contributed by atoms with Crippen molar-refractivity contribution in [1.29, 1.82) is 0 Å². The number of guanidine groups is 1. The van der Waals surface area contributed by atoms with Crippen molar-refractivity contribution in [3.63, 3.8) is 0 Å². The van der Waals surface area contributed by atoms with Gasteiger partial charge in [-0.2, -0.15) is 0 Å². The molecule has 0 unspecified atom stereocenters. The predicted octanol–water partition coefficient (Wildman–Crippen LogP) is 3.51. The van der Waals surface area contributed by atoms with Crippen molar-refractivity contribution in [2.24, 2.45) is 4.99 Å². The van der Waals surface area contributed by atoms with E-state index in [1.54, 1.807) is 24.5 Å². The first-order chi connectivity index (χ1) is 15.1. The molecule has 2 N–H and O–H groups in total. The fraction of sp³-hybridized carbons (Fsp3) is 0.174. The molecule has 0 radical (unpaired) electrons. The van der Waals surface area contributed by atoms with E-state index in [-0.39, 0.29) is 5.91 Å². The minimum Gasteiger partial charge on any atom is -0.493 e. The molecule has 1 aromatic heterocycles. The number of ether oxygens (including phenoxy) is 3. The van der Waals surface area contributed by atoms with Gasteiger partial charge in [-0.05, 0) is 35.9 Å². The fourth-order valence-electron chi connectivity index (χ4n) is 2.82. The van der Waals surface area contributed by atoms with Gasteiger partial charge in [-0.15, -0.1) is 0 Å². The average molecular weight is 420 g/mol. The lowest BCUT2D eigenvalue weighted by Gasteiger charge is -2.15. The molecule has 0 saturated heterocycles. The quantitative estimate of drug-likeness (QED) is 0.449. The first-order valence-corrected chi connectivity index (χ1v) is 9.51. The highest BCUT2D eigenvalue weighted by molar-refractivity contribution is 6.10. The maximum Gasteiger partial charge on any atom is 0.258 e. The van der Waals surface area contributed by atoms with E-state index in [0.29, 0.717) is 35.3 Å². The molecule has 1 amide bonds. The molecule has 0 aliphatic carbocycles. The molecule has 0 saturated carbocycles. The normalized spacial score (nSPS) is 10.9. The molecular weight excluding hydrogens is 396 g/mol. The van der Waals surface area contributed by atoms with Crippen LogP contribution < -0.4 is 24.8 Å². The standard InChI is InChI=1S/C23H24N4O4/c1-29-19-12-17(13-20(30-2)21(19)31-3)22(28)27-23(26-18-9-5-4-6-10-18)25-15-16-8-7-11-24-14-16/h4-14H,15H2,1-3H3,(H2,25,26,27,28). The molecule has 8 heteroatoms. The number of aliphatic imine (C=N–C) groups is 1. The number of benzene rings is 2. The first kappa shape index (κ1) is 21.6. The van der Waals surface area contributed by atoms with E-state index in [0.717, 1.165) is 11.3 Å². The summed E-state index contributed by atoms with van der Waals surface area (Å²) in [5.41, 5.74) is 2.04. The van der Waals surface area contributed by atoms with E-state index >= 15 is 0 Å². The number of nitrogens with zero attached hydrogens (tertiary/aromatic N) is 2. The van der Waals surface area contributed by atoms with Gasteiger partial charge in [-0.3, -0.25) is 15.1 Å². The Bertz CT molecular complexity index is 1010. The SMILES string of the molecule is COc1cc(C(=O)NC(=NCc2cccnc2)Nc2ccccc2)cc(OC)c1OC. The zero-order valence-electron chi connectivity index (χ0n) is 17.6. The van der Waals surface area contributed by atoms with Gasteiger partial charge in [0.15, 0.2) is 11.5 Å². The van der Waals surface area contributed by atoms with E-state index in [1.165, 1.54) is 21.3 Å². The molecule has 0 atom stereocenters. The molecule has 3 rings (SSSR count). The Labute approximate surface area is 180 Å². The minimum atomic E-state index is -0.382. The Morgan fingerprint density at radius 3 is 2.26 bits per heavy atom. The number of anilines is 1. The zero-order valence-corrected chi connectivity index (χ0v) is 17.6. The van der Waals surface area contributed by atoms with Crippen LogP contribution in [0.25, 0.3) is 0 Å². The highest BCUT2D eigenvalue weighted by Gasteiger charge is 2.18. The van der Waals surface area contributed by atoms with Gasteiger partial charge in [0.05, 0.1) is 27.9 Å². The Hall–Kier alpha value is -4.07. The summed E-state index contributed by atoms with van der Waals surface area (Å²) in [7, 11) is 4.50. The van der Waals surface area contributed by atoms with Gasteiger partial charge in [-0.25, -0.2) is 4.99 Å². The molecule has 31 heavy (non-hydrogen) atoms. The Morgan fingerprint density at radius 2 is 1.68 bits per heavy atom. The van der Waals surface area contributed by atoms with Crippen LogP contribution in [0.5, 0.6) is 17.2 Å². The monoisotopic (exact) mass is 420 g/mol. The molecule has 160 valence electrons. The van der Waals surface area contributed by atoms with E-state index < -0.39 is 0 Å². The van der Waals surface area contributed by atoms with Gasteiger partial charge in [0.1, 0.15) is 0 Å². The van der Waals surface area contributed by atoms with Crippen LogP contribution >= 0.6 is 0 Å². The van der Waals surface area contributed by atoms with Gasteiger partial charge in [0.25, 0.3) is 5.91 Å². The van der Waals surface area contributed by atoms with Crippen molar-refractivity contribution < 1.29 is 19.0 Å². The number of methoxy groups -OCH3 is 3. The van der Waals surface area contributed by atoms with Crippen LogP contribution in [-0.2, 0) is 6.54 Å². The Morgan fingerprint density at radius 1 is 0.968 bits per heavy atom. The van der Waals surface area contributed by atoms with Crippen LogP contribution in [0, 0.1) is 0 Å². The third kappa shape index (κ3) is 5.72. The first-order valence-electron chi connectivity index (χ1n) is 9.51. The second-order valence-corrected chi connectivity index (χ2v) is 6.39. The number of pyridine rings is 1. The van der Waals surface area contributed by atoms with Crippen molar-refractivity contribution in [3.8, 4) is 17.2 Å². The maximum absolute atomic E-state index is 13.0. The van der Waals surface area contributed by atoms with Crippen molar-refractivity contribution in [3.05, 3.63) is 78.1 Å². The topological polar surface area (TPSA) is 94.1 Å². The van der Waals surface area contributed by atoms with Crippen molar-refractivity contribution in [1.82, 2.24) is 10.3 Å². The molecule has 0 spiro atoms. The van der Waals surface area contributed by atoms with Gasteiger partial charge >= 0.3 is 0 Å². The molecule has 8 nitrogen and oxygen atoms in total. The lowest BCUT2D eigenvalue weighted by molar-refractivity contribution is 0.0976. The van der Waals surface area contributed by atoms with Crippen LogP contribution in [0.2, 0.25) is 0 Å². The summed E-state index contributed by atoms with van der Waals surface area (Å²) in [6.07, 6.45) is 3.42. The number of aromatic nitrogens is 1. The van der Waals surface area contributed by atoms with Gasteiger partial charge in [0.2, 0.25) is 11.7 Å². The fourth-order valence-corrected chi connectivity index (χ4v) is 2.82. The summed E-state index contributed by atoms with van der Waals surface area (Å²) < 4.78 is 16.0. The largest absolute Gasteiger partial charge is 0.493 e. The van der Waals surface area contributed by atoms with E-state index in [4.69, 9.17) is 14.2 Å². The number of rotatable bonds is 7. The molecule has 1 heterocycles. The second-order valence-electron chi connectivity index (χ2n) is 6.39. The second kappa shape index (κ2) is 10.6. The van der Waals surface area contributed by atoms with Crippen LogP contribution in [0.1, 0.15) is 15.9 Å². The summed E-state index contributed by atoms with van der Waals surface area (Å²) in [6.45, 7) is 0.346. The molecular formula is C23H24N4O4. The molecule has 0 fully saturated rings. The third-order valence-electron chi connectivity index (χ3n) is 4.34. The Balaban J connectivity index is 1.87. The van der Waals surface area contributed by atoms with Crippen LogP contribution in [-0.4, -0.2) is 38.2 Å². The Kier molecular flexibility index (Phi) is 7.42. The van der Waals surface area contributed by atoms with Gasteiger partial charge in [0, 0.05) is 23.6 Å². The van der Waals surface area contributed by atoms with Crippen molar-refractivity contribution >= 4 is 17.6 Å². The highest BCUT2D eigenvalue weighted by Crippen LogP contribution is 2.38. The minimum absolute atomic E-state index is 0.300. The molecule has 2 aromatic carbocycles. The number of carbonyl (C=O) groups is 1. The van der Waals surface area contributed by atoms with Crippen LogP contribution in [0.15, 0.2) is 72.0 Å². The van der Waals surface area contributed by atoms with E-state index in [1.807, 2.05) is 42.5 Å². The average Bonchev–Trinajstić information content (AvgIpc) is 2.82. The van der Waals surface area contributed by atoms with Crippen LogP contribution in [0.3, 0.4) is 0 Å². The summed E-state index contributed by atoms with van der Waals surface area (Å²) in [4.78, 5) is 21.6. The van der Waals surface area contributed by atoms with Crippen LogP contribution in [0.4, 0.5) is 5.69 Å². The summed E-state index contributed by atoms with van der Waals surface area (Å²) in [6, 6.07) is 16.4. The lowest BCUT2D eigenvalue weighted by atomic mass is 10.1. The maximum atomic E-state index is 13.0. The van der Waals surface area contributed by atoms with Gasteiger partial charge in [-0.1, -0.05) is 24.3 Å². The van der Waals surface area contributed by atoms with E-state index in [2.05, 4.69) is 20.6 Å². The van der Waals surface area contributed by atoms with Crippen molar-refractivity contribution in [2.45, 2.75) is 6.54 Å². The highest BCUT2D eigenvalue weighted by atomic mass is 16.5. The predicted molar refractivity (Wildman–Crippen MR) is 119 cm³/mol. The number of nitrogens with one attached hydrogen (secondary N) is 2.